The van der Waals surface area contributed by atoms with Crippen molar-refractivity contribution in [3.05, 3.63) is 58.9 Å². The summed E-state index contributed by atoms with van der Waals surface area (Å²) in [4.78, 5) is -0.395. The summed E-state index contributed by atoms with van der Waals surface area (Å²) in [7, 11) is 1.17. The zero-order valence-electron chi connectivity index (χ0n) is 10.0. The van der Waals surface area contributed by atoms with E-state index in [4.69, 9.17) is 27.0 Å². The van der Waals surface area contributed by atoms with Gasteiger partial charge in [-0.05, 0) is 35.9 Å². The minimum Gasteiger partial charge on any atom is -0.487 e. The van der Waals surface area contributed by atoms with Gasteiger partial charge in [0.1, 0.15) is 23.1 Å². The van der Waals surface area contributed by atoms with Gasteiger partial charge in [0.25, 0.3) is 9.05 Å². The Balaban J connectivity index is 2.23. The van der Waals surface area contributed by atoms with Crippen molar-refractivity contribution in [2.45, 2.75) is 11.5 Å². The molecule has 0 fully saturated rings. The molecule has 0 heterocycles. The molecule has 0 aromatic heterocycles. The number of halogens is 3. The first-order valence-corrected chi connectivity index (χ1v) is 8.16. The summed E-state index contributed by atoms with van der Waals surface area (Å²) in [6.45, 7) is 0.113. The standard InChI is InChI=1S/C13H9Cl2FO3S/c14-10-3-1-9(2-4-10)8-19-12-6-5-11(16)7-13(12)20(15,17)18/h1-7H,8H2. The fourth-order valence-electron chi connectivity index (χ4n) is 1.53. The van der Waals surface area contributed by atoms with Crippen LogP contribution in [0.2, 0.25) is 5.02 Å². The van der Waals surface area contributed by atoms with Crippen molar-refractivity contribution in [3.63, 3.8) is 0 Å². The Kier molecular flexibility index (Phi) is 4.52. The SMILES string of the molecule is O=S(=O)(Cl)c1cc(F)ccc1OCc1ccc(Cl)cc1. The van der Waals surface area contributed by atoms with E-state index in [2.05, 4.69) is 0 Å². The van der Waals surface area contributed by atoms with E-state index in [-0.39, 0.29) is 12.4 Å². The molecule has 0 amide bonds. The number of ether oxygens (including phenoxy) is 1. The van der Waals surface area contributed by atoms with E-state index >= 15 is 0 Å². The molecule has 0 atom stereocenters. The highest BCUT2D eigenvalue weighted by Crippen LogP contribution is 2.28. The van der Waals surface area contributed by atoms with Gasteiger partial charge in [-0.3, -0.25) is 0 Å². The molecule has 0 N–H and O–H groups in total. The van der Waals surface area contributed by atoms with Gasteiger partial charge in [-0.25, -0.2) is 12.8 Å². The zero-order valence-corrected chi connectivity index (χ0v) is 12.3. The van der Waals surface area contributed by atoms with Crippen LogP contribution in [0.25, 0.3) is 0 Å². The Labute approximate surface area is 125 Å². The topological polar surface area (TPSA) is 43.4 Å². The monoisotopic (exact) mass is 334 g/mol. The van der Waals surface area contributed by atoms with Crippen molar-refractivity contribution in [1.82, 2.24) is 0 Å². The van der Waals surface area contributed by atoms with Crippen LogP contribution in [0, 0.1) is 5.82 Å². The van der Waals surface area contributed by atoms with Gasteiger partial charge in [-0.15, -0.1) is 0 Å². The summed E-state index contributed by atoms with van der Waals surface area (Å²) in [6, 6.07) is 9.98. The van der Waals surface area contributed by atoms with Crippen molar-refractivity contribution in [1.29, 1.82) is 0 Å². The van der Waals surface area contributed by atoms with Crippen LogP contribution in [-0.4, -0.2) is 8.42 Å². The highest BCUT2D eigenvalue weighted by Gasteiger charge is 2.18. The Morgan fingerprint density at radius 2 is 1.75 bits per heavy atom. The average Bonchev–Trinajstić information content (AvgIpc) is 2.38. The van der Waals surface area contributed by atoms with Gasteiger partial charge < -0.3 is 4.74 Å². The van der Waals surface area contributed by atoms with Gasteiger partial charge in [0.15, 0.2) is 0 Å². The van der Waals surface area contributed by atoms with Crippen LogP contribution in [0.3, 0.4) is 0 Å². The number of benzene rings is 2. The molecule has 2 aromatic rings. The average molecular weight is 335 g/mol. The molecule has 2 aromatic carbocycles. The lowest BCUT2D eigenvalue weighted by Gasteiger charge is -2.09. The van der Waals surface area contributed by atoms with Crippen LogP contribution >= 0.6 is 22.3 Å². The Morgan fingerprint density at radius 3 is 2.35 bits per heavy atom. The first kappa shape index (κ1) is 15.1. The van der Waals surface area contributed by atoms with Crippen molar-refractivity contribution in [2.75, 3.05) is 0 Å². The lowest BCUT2D eigenvalue weighted by atomic mass is 10.2. The summed E-state index contributed by atoms with van der Waals surface area (Å²) < 4.78 is 41.2. The highest BCUT2D eigenvalue weighted by molar-refractivity contribution is 8.13. The van der Waals surface area contributed by atoms with Gasteiger partial charge >= 0.3 is 0 Å². The third kappa shape index (κ3) is 3.85. The van der Waals surface area contributed by atoms with Crippen LogP contribution < -0.4 is 4.74 Å². The van der Waals surface area contributed by atoms with Gasteiger partial charge in [-0.1, -0.05) is 23.7 Å². The van der Waals surface area contributed by atoms with E-state index in [0.29, 0.717) is 5.02 Å². The van der Waals surface area contributed by atoms with Gasteiger partial charge in [0.05, 0.1) is 0 Å². The molecule has 0 radical (unpaired) electrons. The lowest BCUT2D eigenvalue weighted by molar-refractivity contribution is 0.297. The van der Waals surface area contributed by atoms with Crippen LogP contribution in [0.5, 0.6) is 5.75 Å². The summed E-state index contributed by atoms with van der Waals surface area (Å²) in [5.74, 6) is -0.709. The summed E-state index contributed by atoms with van der Waals surface area (Å²) in [5.41, 5.74) is 0.789. The van der Waals surface area contributed by atoms with Crippen molar-refractivity contribution in [2.24, 2.45) is 0 Å². The minimum atomic E-state index is -4.08. The number of hydrogen-bond donors (Lipinski definition) is 0. The van der Waals surface area contributed by atoms with Gasteiger partial charge in [0, 0.05) is 15.7 Å². The van der Waals surface area contributed by atoms with E-state index in [0.717, 1.165) is 17.7 Å². The third-order valence-electron chi connectivity index (χ3n) is 2.48. The second-order valence-electron chi connectivity index (χ2n) is 3.94. The largest absolute Gasteiger partial charge is 0.487 e. The minimum absolute atomic E-state index is 0.00338. The quantitative estimate of drug-likeness (QED) is 0.794. The fourth-order valence-corrected chi connectivity index (χ4v) is 2.64. The predicted octanol–water partition coefficient (Wildman–Crippen LogP) is 3.99. The maximum atomic E-state index is 13.1. The smallest absolute Gasteiger partial charge is 0.265 e. The molecule has 0 unspecified atom stereocenters. The molecule has 3 nitrogen and oxygen atoms in total. The molecule has 0 aliphatic carbocycles. The van der Waals surface area contributed by atoms with E-state index < -0.39 is 19.8 Å². The normalized spacial score (nSPS) is 11.3. The molecule has 20 heavy (non-hydrogen) atoms. The van der Waals surface area contributed by atoms with E-state index in [1.165, 1.54) is 6.07 Å². The second kappa shape index (κ2) is 5.99. The molecular weight excluding hydrogens is 326 g/mol. The Bertz CT molecular complexity index is 715. The van der Waals surface area contributed by atoms with Crippen molar-refractivity contribution < 1.29 is 17.5 Å². The van der Waals surface area contributed by atoms with E-state index in [1.54, 1.807) is 24.3 Å². The molecule has 0 saturated heterocycles. The van der Waals surface area contributed by atoms with Crippen LogP contribution in [0.15, 0.2) is 47.4 Å². The van der Waals surface area contributed by atoms with E-state index in [1.807, 2.05) is 0 Å². The molecule has 7 heteroatoms. The maximum absolute atomic E-state index is 13.1. The molecule has 106 valence electrons. The molecular formula is C13H9Cl2FO3S. The first-order valence-electron chi connectivity index (χ1n) is 5.48. The Hall–Kier alpha value is -1.30. The summed E-state index contributed by atoms with van der Waals surface area (Å²) >= 11 is 5.75. The third-order valence-corrected chi connectivity index (χ3v) is 4.07. The van der Waals surface area contributed by atoms with E-state index in [9.17, 15) is 12.8 Å². The number of hydrogen-bond acceptors (Lipinski definition) is 3. The summed E-state index contributed by atoms with van der Waals surface area (Å²) in [6.07, 6.45) is 0. The van der Waals surface area contributed by atoms with Gasteiger partial charge in [0.2, 0.25) is 0 Å². The fraction of sp³-hybridized carbons (Fsp3) is 0.0769. The molecule has 0 saturated carbocycles. The maximum Gasteiger partial charge on any atom is 0.265 e. The zero-order chi connectivity index (χ0) is 14.8. The second-order valence-corrected chi connectivity index (χ2v) is 6.91. The number of rotatable bonds is 4. The first-order chi connectivity index (χ1) is 9.36. The molecule has 0 aliphatic heterocycles. The highest BCUT2D eigenvalue weighted by atomic mass is 35.7. The lowest BCUT2D eigenvalue weighted by Crippen LogP contribution is -2.01. The van der Waals surface area contributed by atoms with Crippen LogP contribution in [-0.2, 0) is 15.7 Å². The molecule has 0 spiro atoms. The predicted molar refractivity (Wildman–Crippen MR) is 75.2 cm³/mol. The van der Waals surface area contributed by atoms with Gasteiger partial charge in [-0.2, -0.15) is 0 Å². The van der Waals surface area contributed by atoms with Crippen molar-refractivity contribution >= 4 is 31.3 Å². The molecule has 0 bridgehead atoms. The molecule has 2 rings (SSSR count). The van der Waals surface area contributed by atoms with Crippen LogP contribution in [0.4, 0.5) is 4.39 Å². The van der Waals surface area contributed by atoms with Crippen molar-refractivity contribution in [3.8, 4) is 5.75 Å². The van der Waals surface area contributed by atoms with Crippen LogP contribution in [0.1, 0.15) is 5.56 Å². The Morgan fingerprint density at radius 1 is 1.10 bits per heavy atom. The summed E-state index contributed by atoms with van der Waals surface area (Å²) in [5, 5.41) is 0.583. The molecule has 0 aliphatic rings.